The molecule has 7 aromatic carbocycles. The first-order valence-electron chi connectivity index (χ1n) is 18.5. The van der Waals surface area contributed by atoms with Gasteiger partial charge >= 0.3 is 12.1 Å². The Morgan fingerprint density at radius 2 is 0.807 bits per heavy atom. The van der Waals surface area contributed by atoms with Gasteiger partial charge in [0.1, 0.15) is 23.0 Å². The van der Waals surface area contributed by atoms with Gasteiger partial charge in [0.05, 0.1) is 7.11 Å². The highest BCUT2D eigenvalue weighted by Crippen LogP contribution is 2.41. The molecule has 0 amide bonds. The number of para-hydroxylation sites is 2. The van der Waals surface area contributed by atoms with E-state index in [-0.39, 0.29) is 11.4 Å². The zero-order valence-corrected chi connectivity index (χ0v) is 32.2. The van der Waals surface area contributed by atoms with Crippen molar-refractivity contribution in [3.63, 3.8) is 0 Å². The number of hydrogen-bond donors (Lipinski definition) is 0. The lowest BCUT2D eigenvalue weighted by molar-refractivity contribution is -0.131. The van der Waals surface area contributed by atoms with Crippen LogP contribution in [0, 0.1) is 0 Å². The van der Waals surface area contributed by atoms with Crippen LogP contribution < -0.4 is 28.7 Å². The number of carbonyl (C=O) groups excluding carboxylic acids is 2. The maximum atomic E-state index is 13.1. The van der Waals surface area contributed by atoms with Gasteiger partial charge in [-0.1, -0.05) is 92.7 Å². The molecule has 0 aliphatic rings. The summed E-state index contributed by atoms with van der Waals surface area (Å²) < 4.78 is 22.1. The summed E-state index contributed by atoms with van der Waals surface area (Å²) in [4.78, 5) is 28.8. The molecule has 0 atom stereocenters. The number of benzene rings is 7. The Kier molecular flexibility index (Phi) is 11.3. The van der Waals surface area contributed by atoms with Crippen molar-refractivity contribution < 1.29 is 28.5 Å². The normalized spacial score (nSPS) is 10.9. The molecule has 0 spiro atoms. The zero-order chi connectivity index (χ0) is 39.8. The third-order valence-electron chi connectivity index (χ3n) is 9.58. The minimum atomic E-state index is -0.856. The molecule has 0 heterocycles. The third-order valence-corrected chi connectivity index (χ3v) is 9.58. The summed E-state index contributed by atoms with van der Waals surface area (Å²) in [6.45, 7) is 5.57. The second-order valence-electron chi connectivity index (χ2n) is 13.8. The van der Waals surface area contributed by atoms with E-state index in [1.807, 2.05) is 115 Å². The molecular formula is C49H42N2O6. The molecule has 0 aliphatic heterocycles. The van der Waals surface area contributed by atoms with Crippen molar-refractivity contribution in [2.45, 2.75) is 26.2 Å². The first-order valence-corrected chi connectivity index (χ1v) is 18.5. The van der Waals surface area contributed by atoms with Crippen LogP contribution in [0.25, 0.3) is 0 Å². The number of hydrogen-bond acceptors (Lipinski definition) is 8. The van der Waals surface area contributed by atoms with Crippen LogP contribution in [0.1, 0.15) is 31.9 Å². The highest BCUT2D eigenvalue weighted by Gasteiger charge is 2.24. The SMILES string of the molecule is COc1cccc(N(c2ccccc2)c2cccc(N(c3ccccc3)c3cccc(OC(=O)Oc4ccc(C(C)(C)c5ccc(OC(C)=O)cc5)cc4)c3)c2)c1. The third kappa shape index (κ3) is 8.98. The molecule has 0 radical (unpaired) electrons. The van der Waals surface area contributed by atoms with Crippen LogP contribution in [0.3, 0.4) is 0 Å². The van der Waals surface area contributed by atoms with E-state index in [1.165, 1.54) is 6.92 Å². The number of nitrogens with zero attached hydrogens (tertiary/aromatic N) is 2. The average molecular weight is 755 g/mol. The van der Waals surface area contributed by atoms with Gasteiger partial charge in [-0.2, -0.15) is 0 Å². The quantitative estimate of drug-likeness (QED) is 0.0693. The molecule has 0 aromatic heterocycles. The van der Waals surface area contributed by atoms with E-state index in [0.717, 1.165) is 51.0 Å². The highest BCUT2D eigenvalue weighted by atomic mass is 16.7. The Bertz CT molecular complexity index is 2450. The summed E-state index contributed by atoms with van der Waals surface area (Å²) in [7, 11) is 1.67. The van der Waals surface area contributed by atoms with E-state index >= 15 is 0 Å². The summed E-state index contributed by atoms with van der Waals surface area (Å²) in [5.74, 6) is 1.56. The summed E-state index contributed by atoms with van der Waals surface area (Å²) in [6.07, 6.45) is -0.856. The Morgan fingerprint density at radius 1 is 0.421 bits per heavy atom. The molecule has 0 saturated heterocycles. The van der Waals surface area contributed by atoms with Crippen LogP contribution >= 0.6 is 0 Å². The van der Waals surface area contributed by atoms with E-state index in [4.69, 9.17) is 18.9 Å². The maximum absolute atomic E-state index is 13.1. The van der Waals surface area contributed by atoms with Gasteiger partial charge in [0.2, 0.25) is 0 Å². The van der Waals surface area contributed by atoms with E-state index < -0.39 is 6.16 Å². The number of anilines is 6. The summed E-state index contributed by atoms with van der Waals surface area (Å²) >= 11 is 0. The second-order valence-corrected chi connectivity index (χ2v) is 13.8. The fourth-order valence-electron chi connectivity index (χ4n) is 6.68. The molecule has 0 unspecified atom stereocenters. The predicted molar refractivity (Wildman–Crippen MR) is 225 cm³/mol. The van der Waals surface area contributed by atoms with E-state index in [9.17, 15) is 9.59 Å². The van der Waals surface area contributed by atoms with Gasteiger partial charge in [0.15, 0.2) is 0 Å². The number of carbonyl (C=O) groups is 2. The first-order chi connectivity index (χ1) is 27.7. The number of rotatable bonds is 12. The van der Waals surface area contributed by atoms with E-state index in [1.54, 1.807) is 37.4 Å². The van der Waals surface area contributed by atoms with E-state index in [2.05, 4.69) is 60.0 Å². The minimum absolute atomic E-state index is 0.326. The van der Waals surface area contributed by atoms with Crippen LogP contribution in [0.2, 0.25) is 0 Å². The van der Waals surface area contributed by atoms with Gasteiger partial charge in [-0.15, -0.1) is 0 Å². The van der Waals surface area contributed by atoms with Gasteiger partial charge < -0.3 is 28.7 Å². The van der Waals surface area contributed by atoms with Crippen molar-refractivity contribution in [1.82, 2.24) is 0 Å². The van der Waals surface area contributed by atoms with Gasteiger partial charge in [-0.25, -0.2) is 4.79 Å². The Morgan fingerprint density at radius 3 is 1.28 bits per heavy atom. The standard InChI is InChI=1S/C49H42N2O6/c1-35(52)55-44-28-24-36(25-29-44)49(2,3)37-26-30-45(31-27-37)56-48(53)57-47-23-13-21-43(34-47)51(39-16-9-6-10-17-39)41-19-11-18-40(32-41)50(38-14-7-5-8-15-38)42-20-12-22-46(33-42)54-4/h5-34H,1-4H3. The monoisotopic (exact) mass is 754 g/mol. The second kappa shape index (κ2) is 17.0. The lowest BCUT2D eigenvalue weighted by atomic mass is 9.78. The predicted octanol–water partition coefficient (Wildman–Crippen LogP) is 12.5. The average Bonchev–Trinajstić information content (AvgIpc) is 3.22. The molecule has 0 N–H and O–H groups in total. The summed E-state index contributed by atoms with van der Waals surface area (Å²) in [5.41, 5.74) is 7.16. The summed E-state index contributed by atoms with van der Waals surface area (Å²) in [6, 6.07) is 58.6. The van der Waals surface area contributed by atoms with Crippen molar-refractivity contribution in [3.05, 3.63) is 193 Å². The highest BCUT2D eigenvalue weighted by molar-refractivity contribution is 5.83. The molecule has 7 aromatic rings. The van der Waals surface area contributed by atoms with Crippen LogP contribution in [0.5, 0.6) is 23.0 Å². The Hall–Kier alpha value is -7.32. The molecule has 7 rings (SSSR count). The van der Waals surface area contributed by atoms with Crippen LogP contribution in [0.4, 0.5) is 38.9 Å². The minimum Gasteiger partial charge on any atom is -0.497 e. The van der Waals surface area contributed by atoms with Crippen molar-refractivity contribution in [1.29, 1.82) is 0 Å². The van der Waals surface area contributed by atoms with Crippen LogP contribution in [0.15, 0.2) is 182 Å². The molecule has 8 nitrogen and oxygen atoms in total. The number of ether oxygens (including phenoxy) is 4. The largest absolute Gasteiger partial charge is 0.519 e. The van der Waals surface area contributed by atoms with E-state index in [0.29, 0.717) is 17.2 Å². The molecule has 0 fully saturated rings. The fraction of sp³-hybridized carbons (Fsp3) is 0.102. The lowest BCUT2D eigenvalue weighted by Gasteiger charge is -2.29. The topological polar surface area (TPSA) is 77.5 Å². The molecule has 8 heteroatoms. The molecule has 57 heavy (non-hydrogen) atoms. The smallest absolute Gasteiger partial charge is 0.497 e. The van der Waals surface area contributed by atoms with Crippen LogP contribution in [-0.2, 0) is 10.2 Å². The van der Waals surface area contributed by atoms with Crippen molar-refractivity contribution >= 4 is 46.2 Å². The van der Waals surface area contributed by atoms with Gasteiger partial charge in [-0.05, 0) is 102 Å². The number of esters is 1. The molecule has 0 saturated carbocycles. The molecule has 284 valence electrons. The van der Waals surface area contributed by atoms with Gasteiger partial charge in [0, 0.05) is 58.6 Å². The molecule has 0 bridgehead atoms. The van der Waals surface area contributed by atoms with Gasteiger partial charge in [-0.3, -0.25) is 4.79 Å². The lowest BCUT2D eigenvalue weighted by Crippen LogP contribution is -2.19. The first kappa shape index (κ1) is 38.0. The van der Waals surface area contributed by atoms with Crippen LogP contribution in [-0.4, -0.2) is 19.2 Å². The Balaban J connectivity index is 1.12. The molecular weight excluding hydrogens is 713 g/mol. The molecule has 0 aliphatic carbocycles. The van der Waals surface area contributed by atoms with Crippen molar-refractivity contribution in [2.24, 2.45) is 0 Å². The maximum Gasteiger partial charge on any atom is 0.519 e. The summed E-state index contributed by atoms with van der Waals surface area (Å²) in [5, 5.41) is 0. The fourth-order valence-corrected chi connectivity index (χ4v) is 6.68. The van der Waals surface area contributed by atoms with Crippen molar-refractivity contribution in [2.75, 3.05) is 16.9 Å². The number of methoxy groups -OCH3 is 1. The zero-order valence-electron chi connectivity index (χ0n) is 32.2. The van der Waals surface area contributed by atoms with Gasteiger partial charge in [0.25, 0.3) is 0 Å². The Labute approximate surface area is 333 Å². The van der Waals surface area contributed by atoms with Crippen molar-refractivity contribution in [3.8, 4) is 23.0 Å².